The second-order valence-corrected chi connectivity index (χ2v) is 7.29. The Labute approximate surface area is 159 Å². The summed E-state index contributed by atoms with van der Waals surface area (Å²) in [6.45, 7) is -0.0723. The molecular weight excluding hydrogens is 364 g/mol. The van der Waals surface area contributed by atoms with Crippen molar-refractivity contribution < 1.29 is 19.5 Å². The monoisotopic (exact) mass is 380 g/mol. The lowest BCUT2D eigenvalue weighted by Crippen LogP contribution is -2.26. The SMILES string of the molecule is O=C1NC(=O)C(=CC(=O)N2c3ccccc3CCc3cc(CO)ccc32)S1. The smallest absolute Gasteiger partial charge is 0.290 e. The van der Waals surface area contributed by atoms with Gasteiger partial charge in [0.05, 0.1) is 22.9 Å². The molecule has 1 fully saturated rings. The molecule has 2 aliphatic rings. The number of imide groups is 1. The molecule has 7 heteroatoms. The van der Waals surface area contributed by atoms with Crippen molar-refractivity contribution in [2.24, 2.45) is 0 Å². The van der Waals surface area contributed by atoms with Crippen LogP contribution in [-0.4, -0.2) is 22.2 Å². The molecule has 1 saturated heterocycles. The first-order valence-electron chi connectivity index (χ1n) is 8.46. The van der Waals surface area contributed by atoms with Crippen LogP contribution in [0.2, 0.25) is 0 Å². The van der Waals surface area contributed by atoms with Crippen molar-refractivity contribution in [2.45, 2.75) is 19.4 Å². The third-order valence-corrected chi connectivity index (χ3v) is 5.39. The van der Waals surface area contributed by atoms with E-state index >= 15 is 0 Å². The fourth-order valence-corrected chi connectivity index (χ4v) is 3.98. The van der Waals surface area contributed by atoms with E-state index in [1.165, 1.54) is 6.08 Å². The molecule has 6 nitrogen and oxygen atoms in total. The average Bonchev–Trinajstić information content (AvgIpc) is 2.89. The molecule has 0 unspecified atom stereocenters. The Hall–Kier alpha value is -2.90. The van der Waals surface area contributed by atoms with Gasteiger partial charge in [0.1, 0.15) is 0 Å². The van der Waals surface area contributed by atoms with Gasteiger partial charge in [-0.3, -0.25) is 24.6 Å². The Morgan fingerprint density at radius 3 is 2.59 bits per heavy atom. The zero-order valence-corrected chi connectivity index (χ0v) is 15.1. The first-order valence-corrected chi connectivity index (χ1v) is 9.28. The molecule has 0 spiro atoms. The number of nitrogens with one attached hydrogen (secondary N) is 1. The first kappa shape index (κ1) is 17.5. The largest absolute Gasteiger partial charge is 0.392 e. The highest BCUT2D eigenvalue weighted by Crippen LogP contribution is 2.37. The van der Waals surface area contributed by atoms with Gasteiger partial charge in [-0.15, -0.1) is 0 Å². The van der Waals surface area contributed by atoms with E-state index in [4.69, 9.17) is 0 Å². The molecule has 136 valence electrons. The quantitative estimate of drug-likeness (QED) is 0.783. The van der Waals surface area contributed by atoms with Crippen LogP contribution in [0.1, 0.15) is 16.7 Å². The summed E-state index contributed by atoms with van der Waals surface area (Å²) >= 11 is 0.721. The Morgan fingerprint density at radius 2 is 1.85 bits per heavy atom. The molecule has 2 N–H and O–H groups in total. The molecule has 0 saturated carbocycles. The van der Waals surface area contributed by atoms with Crippen LogP contribution >= 0.6 is 11.8 Å². The molecule has 0 bridgehead atoms. The van der Waals surface area contributed by atoms with Crippen molar-refractivity contribution in [2.75, 3.05) is 4.90 Å². The number of fused-ring (bicyclic) bond motifs is 2. The fourth-order valence-electron chi connectivity index (χ4n) is 3.33. The second kappa shape index (κ2) is 7.02. The van der Waals surface area contributed by atoms with Gasteiger partial charge in [0.25, 0.3) is 17.1 Å². The molecular formula is C20H16N2O4S. The molecule has 4 rings (SSSR count). The van der Waals surface area contributed by atoms with E-state index in [0.29, 0.717) is 5.69 Å². The number of nitrogens with zero attached hydrogens (tertiary/aromatic N) is 1. The van der Waals surface area contributed by atoms with Crippen LogP contribution in [0.4, 0.5) is 16.2 Å². The van der Waals surface area contributed by atoms with Crippen molar-refractivity contribution >= 4 is 40.2 Å². The third-order valence-electron chi connectivity index (χ3n) is 4.58. The summed E-state index contributed by atoms with van der Waals surface area (Å²) in [5, 5.41) is 11.1. The van der Waals surface area contributed by atoms with E-state index in [0.717, 1.165) is 47.0 Å². The summed E-state index contributed by atoms with van der Waals surface area (Å²) in [5.74, 6) is -0.952. The molecule has 2 heterocycles. The van der Waals surface area contributed by atoms with Gasteiger partial charge in [-0.1, -0.05) is 30.3 Å². The van der Waals surface area contributed by atoms with Gasteiger partial charge in [0.15, 0.2) is 0 Å². The lowest BCUT2D eigenvalue weighted by Gasteiger charge is -2.24. The van der Waals surface area contributed by atoms with Crippen LogP contribution in [0.25, 0.3) is 0 Å². The van der Waals surface area contributed by atoms with Crippen molar-refractivity contribution in [3.05, 3.63) is 70.1 Å². The summed E-state index contributed by atoms with van der Waals surface area (Å²) in [7, 11) is 0. The van der Waals surface area contributed by atoms with E-state index < -0.39 is 17.1 Å². The predicted octanol–water partition coefficient (Wildman–Crippen LogP) is 2.81. The Kier molecular flexibility index (Phi) is 4.55. The number of thioether (sulfide) groups is 1. The molecule has 27 heavy (non-hydrogen) atoms. The standard InChI is InChI=1S/C20H16N2O4S/c23-11-12-5-8-16-14(9-12)7-6-13-3-1-2-4-15(13)22(16)18(24)10-17-19(25)21-20(26)27-17/h1-5,8-10,23H,6-7,11H2,(H,21,25,26). The number of hydrogen-bond acceptors (Lipinski definition) is 5. The van der Waals surface area contributed by atoms with E-state index in [-0.39, 0.29) is 11.5 Å². The third kappa shape index (κ3) is 3.27. The van der Waals surface area contributed by atoms with Crippen LogP contribution in [0, 0.1) is 0 Å². The number of para-hydroxylation sites is 1. The second-order valence-electron chi connectivity index (χ2n) is 6.28. The summed E-state index contributed by atoms with van der Waals surface area (Å²) < 4.78 is 0. The number of carbonyl (C=O) groups is 3. The zero-order chi connectivity index (χ0) is 19.0. The molecule has 2 aliphatic heterocycles. The highest BCUT2D eigenvalue weighted by atomic mass is 32.2. The van der Waals surface area contributed by atoms with Gasteiger partial charge in [0.2, 0.25) is 0 Å². The van der Waals surface area contributed by atoms with Crippen LogP contribution in [-0.2, 0) is 29.0 Å². The number of amides is 3. The summed E-state index contributed by atoms with van der Waals surface area (Å²) in [6.07, 6.45) is 2.69. The number of benzene rings is 2. The molecule has 0 atom stereocenters. The maximum Gasteiger partial charge on any atom is 0.290 e. The predicted molar refractivity (Wildman–Crippen MR) is 103 cm³/mol. The number of hydrogen-bond donors (Lipinski definition) is 2. The van der Waals surface area contributed by atoms with Crippen molar-refractivity contribution in [3.8, 4) is 0 Å². The van der Waals surface area contributed by atoms with E-state index in [1.807, 2.05) is 36.4 Å². The number of aliphatic hydroxyl groups is 1. The molecule has 2 aromatic rings. The normalized spacial score (nSPS) is 17.4. The average molecular weight is 380 g/mol. The fraction of sp³-hybridized carbons (Fsp3) is 0.150. The number of anilines is 2. The highest BCUT2D eigenvalue weighted by molar-refractivity contribution is 8.18. The van der Waals surface area contributed by atoms with Gasteiger partial charge in [-0.2, -0.15) is 0 Å². The van der Waals surface area contributed by atoms with E-state index in [2.05, 4.69) is 5.32 Å². The van der Waals surface area contributed by atoms with Crippen molar-refractivity contribution in [1.29, 1.82) is 0 Å². The van der Waals surface area contributed by atoms with Crippen LogP contribution < -0.4 is 10.2 Å². The number of aliphatic hydroxyl groups excluding tert-OH is 1. The van der Waals surface area contributed by atoms with Crippen molar-refractivity contribution in [1.82, 2.24) is 5.32 Å². The minimum atomic E-state index is -0.558. The number of carbonyl (C=O) groups excluding carboxylic acids is 3. The lowest BCUT2D eigenvalue weighted by molar-refractivity contribution is -0.116. The molecule has 3 amide bonds. The Bertz CT molecular complexity index is 999. The first-order chi connectivity index (χ1) is 13.1. The summed E-state index contributed by atoms with van der Waals surface area (Å²) in [4.78, 5) is 38.0. The zero-order valence-electron chi connectivity index (χ0n) is 14.3. The van der Waals surface area contributed by atoms with Crippen LogP contribution in [0.5, 0.6) is 0 Å². The minimum absolute atomic E-state index is 0.0723. The molecule has 0 aromatic heterocycles. The van der Waals surface area contributed by atoms with E-state index in [9.17, 15) is 19.5 Å². The van der Waals surface area contributed by atoms with Gasteiger partial charge >= 0.3 is 0 Å². The molecule has 0 radical (unpaired) electrons. The van der Waals surface area contributed by atoms with Gasteiger partial charge in [0, 0.05) is 6.08 Å². The number of rotatable bonds is 2. The topological polar surface area (TPSA) is 86.7 Å². The van der Waals surface area contributed by atoms with Crippen molar-refractivity contribution in [3.63, 3.8) is 0 Å². The molecule has 0 aliphatic carbocycles. The highest BCUT2D eigenvalue weighted by Gasteiger charge is 2.29. The summed E-state index contributed by atoms with van der Waals surface area (Å²) in [5.41, 5.74) is 4.22. The van der Waals surface area contributed by atoms with E-state index in [1.54, 1.807) is 11.0 Å². The van der Waals surface area contributed by atoms with Gasteiger partial charge < -0.3 is 5.11 Å². The number of aryl methyl sites for hydroxylation is 2. The van der Waals surface area contributed by atoms with Gasteiger partial charge in [-0.25, -0.2) is 0 Å². The van der Waals surface area contributed by atoms with Gasteiger partial charge in [-0.05, 0) is 53.4 Å². The lowest BCUT2D eigenvalue weighted by atomic mass is 10.0. The Morgan fingerprint density at radius 1 is 1.11 bits per heavy atom. The van der Waals surface area contributed by atoms with Crippen LogP contribution in [0.15, 0.2) is 53.4 Å². The summed E-state index contributed by atoms with van der Waals surface area (Å²) in [6, 6.07) is 13.1. The van der Waals surface area contributed by atoms with Crippen LogP contribution in [0.3, 0.4) is 0 Å². The maximum absolute atomic E-state index is 13.1. The maximum atomic E-state index is 13.1. The minimum Gasteiger partial charge on any atom is -0.392 e. The molecule has 2 aromatic carbocycles. The Balaban J connectivity index is 1.83.